The molecule has 95 heavy (non-hydrogen) atoms. The first-order valence-corrected chi connectivity index (χ1v) is 35.7. The number of unbranched alkanes of at least 4 members (excludes halogenated alkanes) is 3. The Kier molecular flexibility index (Phi) is 39.7. The van der Waals surface area contributed by atoms with Crippen LogP contribution in [0.1, 0.15) is 210 Å². The Morgan fingerprint density at radius 1 is 0.589 bits per heavy atom. The van der Waals surface area contributed by atoms with Crippen LogP contribution in [0, 0.1) is 35.5 Å². The van der Waals surface area contributed by atoms with Crippen LogP contribution in [0.5, 0.6) is 0 Å². The number of likely N-dealkylation sites (N-methyl/N-ethyl adjacent to an activating group) is 1. The van der Waals surface area contributed by atoms with Gasteiger partial charge in [-0.15, -0.1) is 0 Å². The van der Waals surface area contributed by atoms with Crippen LogP contribution in [-0.2, 0) is 23.7 Å². The van der Waals surface area contributed by atoms with E-state index in [4.69, 9.17) is 18.9 Å². The van der Waals surface area contributed by atoms with E-state index in [1.165, 1.54) is 12.2 Å². The third-order valence-corrected chi connectivity index (χ3v) is 20.7. The number of rotatable bonds is 8. The van der Waals surface area contributed by atoms with Gasteiger partial charge >= 0.3 is 5.97 Å². The topological polar surface area (TPSA) is 401 Å². The van der Waals surface area contributed by atoms with Gasteiger partial charge < -0.3 is 111 Å². The monoisotopic (exact) mass is 1360 g/mol. The minimum atomic E-state index is -2.26. The first-order valence-electron chi connectivity index (χ1n) is 35.7. The maximum Gasteiger partial charge on any atom is 0.311 e. The van der Waals surface area contributed by atoms with Crippen molar-refractivity contribution in [1.82, 2.24) is 4.90 Å². The summed E-state index contributed by atoms with van der Waals surface area (Å²) in [4.78, 5) is 15.4. The molecule has 2 fully saturated rings. The zero-order valence-electron chi connectivity index (χ0n) is 59.3. The molecule has 2 bridgehead atoms. The fourth-order valence-corrected chi connectivity index (χ4v) is 13.5. The van der Waals surface area contributed by atoms with E-state index in [1.807, 2.05) is 0 Å². The molecule has 0 amide bonds. The van der Waals surface area contributed by atoms with Crippen LogP contribution >= 0.6 is 0 Å². The number of esters is 1. The molecule has 23 heteroatoms. The summed E-state index contributed by atoms with van der Waals surface area (Å²) in [6, 6.07) is -0.781. The van der Waals surface area contributed by atoms with Gasteiger partial charge in [-0.1, -0.05) is 97.6 Å². The van der Waals surface area contributed by atoms with Crippen molar-refractivity contribution in [2.45, 2.75) is 351 Å². The molecular weight excluding hydrogens is 1230 g/mol. The summed E-state index contributed by atoms with van der Waals surface area (Å²) in [5.74, 6) is -6.87. The second kappa shape index (κ2) is 43.4. The minimum Gasteiger partial charge on any atom is -0.458 e. The molecule has 2 saturated heterocycles. The molecule has 3 aliphatic rings. The summed E-state index contributed by atoms with van der Waals surface area (Å²) in [5.41, 5.74) is 1.00. The zero-order chi connectivity index (χ0) is 71.6. The van der Waals surface area contributed by atoms with Crippen LogP contribution in [0.4, 0.5) is 0 Å². The van der Waals surface area contributed by atoms with Gasteiger partial charge in [-0.05, 0) is 155 Å². The molecule has 0 aliphatic carbocycles. The highest BCUT2D eigenvalue weighted by Gasteiger charge is 2.53. The van der Waals surface area contributed by atoms with Crippen molar-refractivity contribution in [3.63, 3.8) is 0 Å². The van der Waals surface area contributed by atoms with E-state index < -0.39 is 182 Å². The number of fused-ring (bicyclic) bond motifs is 2. The van der Waals surface area contributed by atoms with E-state index in [1.54, 1.807) is 106 Å². The lowest BCUT2D eigenvalue weighted by atomic mass is 9.80. The van der Waals surface area contributed by atoms with E-state index in [-0.39, 0.29) is 89.4 Å². The van der Waals surface area contributed by atoms with Crippen molar-refractivity contribution < 1.29 is 111 Å². The van der Waals surface area contributed by atoms with Gasteiger partial charge in [-0.3, -0.25) is 4.79 Å². The maximum absolute atomic E-state index is 13.7. The summed E-state index contributed by atoms with van der Waals surface area (Å²) in [6.07, 6.45) is -6.51. The van der Waals surface area contributed by atoms with Gasteiger partial charge in [-0.2, -0.15) is 0 Å². The third-order valence-electron chi connectivity index (χ3n) is 20.7. The second-order valence-electron chi connectivity index (χ2n) is 29.2. The average molecular weight is 1360 g/mol. The summed E-state index contributed by atoms with van der Waals surface area (Å²) >= 11 is 0. The van der Waals surface area contributed by atoms with Crippen molar-refractivity contribution in [3.8, 4) is 0 Å². The highest BCUT2D eigenvalue weighted by Crippen LogP contribution is 2.42. The Morgan fingerprint density at radius 2 is 1.18 bits per heavy atom. The SMILES string of the molecule is CCCCCCC1/C=C(\C)C(O)CC(O)CCCC(O)C(C)C(O)C/C=C/C=C(\C)C(O)C(C)C2CC(O[C@@H]3O[C@H](C)[C@@H](O)C(N(C)C)[C@H]3O)C(C)C(O)(CC(=O)OC(C)/C=C/C(O)CC(O)CCCC(O)C(C)C(O)CCC(C)C(O)CC(O)CC(O)CCC(O)C1O)O2. The van der Waals surface area contributed by atoms with E-state index >= 15 is 0 Å². The van der Waals surface area contributed by atoms with Crippen LogP contribution in [0.3, 0.4) is 0 Å². The number of carbonyl (C=O) groups excluding carboxylic acids is 1. The second-order valence-corrected chi connectivity index (χ2v) is 29.2. The number of cyclic esters (lactones) is 1. The van der Waals surface area contributed by atoms with E-state index in [2.05, 4.69) is 6.92 Å². The van der Waals surface area contributed by atoms with Gasteiger partial charge in [0.25, 0.3) is 0 Å². The lowest BCUT2D eigenvalue weighted by molar-refractivity contribution is -0.351. The number of ether oxygens (including phenoxy) is 4. The quantitative estimate of drug-likeness (QED) is 0.0917. The minimum absolute atomic E-state index is 0.0123. The smallest absolute Gasteiger partial charge is 0.311 e. The van der Waals surface area contributed by atoms with E-state index in [0.29, 0.717) is 36.8 Å². The highest BCUT2D eigenvalue weighted by atomic mass is 16.7. The van der Waals surface area contributed by atoms with Crippen LogP contribution < -0.4 is 0 Å². The van der Waals surface area contributed by atoms with E-state index in [0.717, 1.165) is 25.7 Å². The molecule has 23 nitrogen and oxygen atoms in total. The molecule has 0 aromatic rings. The van der Waals surface area contributed by atoms with Gasteiger partial charge in [-0.25, -0.2) is 0 Å². The molecule has 3 aliphatic heterocycles. The van der Waals surface area contributed by atoms with Crippen molar-refractivity contribution in [2.75, 3.05) is 14.1 Å². The molecule has 17 N–H and O–H groups in total. The van der Waals surface area contributed by atoms with Gasteiger partial charge in [0, 0.05) is 48.9 Å². The molecule has 0 aromatic heterocycles. The lowest BCUT2D eigenvalue weighted by Gasteiger charge is -2.50. The van der Waals surface area contributed by atoms with Gasteiger partial charge in [0.2, 0.25) is 0 Å². The van der Waals surface area contributed by atoms with Crippen molar-refractivity contribution in [3.05, 3.63) is 47.6 Å². The molecule has 556 valence electrons. The Hall–Kier alpha value is -2.41. The number of nitrogens with zero attached hydrogens (tertiary/aromatic N) is 1. The van der Waals surface area contributed by atoms with Gasteiger partial charge in [0.15, 0.2) is 12.1 Å². The molecular formula is C72H131NO22. The molecule has 0 radical (unpaired) electrons. The maximum atomic E-state index is 13.7. The number of allylic oxidation sites excluding steroid dienone is 2. The number of hydrogen-bond donors (Lipinski definition) is 17. The summed E-state index contributed by atoms with van der Waals surface area (Å²) < 4.78 is 24.5. The first-order chi connectivity index (χ1) is 44.5. The van der Waals surface area contributed by atoms with Crippen LogP contribution in [0.2, 0.25) is 0 Å². The Labute approximate surface area is 567 Å². The van der Waals surface area contributed by atoms with Gasteiger partial charge in [0.1, 0.15) is 12.2 Å². The lowest BCUT2D eigenvalue weighted by Crippen LogP contribution is -2.64. The normalized spacial score (nSPS) is 44.7. The first kappa shape index (κ1) is 86.8. The average Bonchev–Trinajstić information content (AvgIpc) is 0.770. The fraction of sp³-hybridized carbons (Fsp3) is 0.875. The standard InChI is InChI=1S/C72H131NO22/c1-13-14-15-16-22-50-34-43(4)62(85)37-52(75)24-20-27-57(80)45(6)56(79)25-18-17-21-42(3)67(87)47(8)63-39-64(94-71-70(90)66(73(11)12)68(88)49(10)93-71)48(9)72(91,95-63)40-65(86)92-44(5)29-30-53(76)35-51(74)23-19-26-58(81)46(7)59(82)32-28-41(2)61(84)38-55(78)36-54(77)31-33-60(83)69(50)89/h17-18,21,29-30,34,41,44-64,66-71,74-85,87-91H,13-16,19-20,22-28,31-33,35-40H2,1-12H3/b18-17+,30-29+,42-21+,43-34+/t41?,44?,45?,46?,47?,48?,49-,50?,51?,52?,53?,54?,55?,56?,57?,58?,59?,60?,61?,62?,63?,64?,66?,67?,68-,69?,70-,71+,72?/m1/s1. The van der Waals surface area contributed by atoms with Crippen LogP contribution in [0.25, 0.3) is 0 Å². The fourth-order valence-electron chi connectivity index (χ4n) is 13.5. The predicted molar refractivity (Wildman–Crippen MR) is 361 cm³/mol. The Bertz CT molecular complexity index is 2240. The largest absolute Gasteiger partial charge is 0.458 e. The van der Waals surface area contributed by atoms with E-state index in [9.17, 15) is 91.6 Å². The number of aliphatic hydroxyl groups excluding tert-OH is 16. The van der Waals surface area contributed by atoms with Gasteiger partial charge in [0.05, 0.1) is 122 Å². The summed E-state index contributed by atoms with van der Waals surface area (Å²) in [7, 11) is 3.40. The number of hydrogen-bond acceptors (Lipinski definition) is 23. The zero-order valence-corrected chi connectivity index (χ0v) is 59.3. The molecule has 3 heterocycles. The predicted octanol–water partition coefficient (Wildman–Crippen LogP) is 4.26. The molecule has 29 atom stereocenters. The highest BCUT2D eigenvalue weighted by molar-refractivity contribution is 5.71. The third kappa shape index (κ3) is 29.6. The Balaban J connectivity index is 1.85. The number of aliphatic hydroxyl groups is 17. The Morgan fingerprint density at radius 3 is 1.80 bits per heavy atom. The summed E-state index contributed by atoms with van der Waals surface area (Å²) in [5, 5.41) is 190. The van der Waals surface area contributed by atoms with Crippen molar-refractivity contribution >= 4 is 5.97 Å². The van der Waals surface area contributed by atoms with Crippen LogP contribution in [-0.4, -0.2) is 252 Å². The van der Waals surface area contributed by atoms with Crippen LogP contribution in [0.15, 0.2) is 47.6 Å². The molecule has 25 unspecified atom stereocenters. The molecule has 3 rings (SSSR count). The molecule has 0 spiro atoms. The molecule has 0 saturated carbocycles. The van der Waals surface area contributed by atoms with Crippen molar-refractivity contribution in [1.29, 1.82) is 0 Å². The summed E-state index contributed by atoms with van der Waals surface area (Å²) in [6.45, 7) is 17.2. The number of carbonyl (C=O) groups is 1. The van der Waals surface area contributed by atoms with Crippen molar-refractivity contribution in [2.24, 2.45) is 35.5 Å². The molecule has 0 aromatic carbocycles.